The summed E-state index contributed by atoms with van der Waals surface area (Å²) in [5.41, 5.74) is 8.41. The molecule has 0 unspecified atom stereocenters. The third-order valence-corrected chi connectivity index (χ3v) is 7.37. The van der Waals surface area contributed by atoms with Gasteiger partial charge in [-0.2, -0.15) is 9.97 Å². The highest BCUT2D eigenvalue weighted by molar-refractivity contribution is 5.85. The largest absolute Gasteiger partial charge is 0.387 e. The van der Waals surface area contributed by atoms with Crippen molar-refractivity contribution in [2.45, 2.75) is 43.8 Å². The lowest BCUT2D eigenvalue weighted by Gasteiger charge is -2.20. The molecule has 0 saturated carbocycles. The molecule has 5 rings (SSSR count). The number of hydrogen-bond donors (Lipinski definition) is 8. The number of fused-ring (bicyclic) bond motifs is 1. The summed E-state index contributed by atoms with van der Waals surface area (Å²) < 4.78 is 7.36. The van der Waals surface area contributed by atoms with Gasteiger partial charge in [-0.25, -0.2) is 4.98 Å². The second-order valence-corrected chi connectivity index (χ2v) is 10.4. The van der Waals surface area contributed by atoms with Crippen molar-refractivity contribution >= 4 is 34.8 Å². The standard InChI is InChI=1S/C30H38N10O4/c1-2-33-27(43)24-22(41)23(42)28(44-24)40-17-37-21-25(38-30(39-26(21)40)35-15-9-14-34-29(31)32)36-16-20(18-10-5-3-6-11-18)19-12-7-4-8-13-19/h3-8,10-13,17,20,22-24,28,41-42H,2,9,14-16H2,1H3,(H,33,43)(H4,31,32,34)(H2,35,36,38,39)/t22-,23+,24-,28+/m0/s1. The lowest BCUT2D eigenvalue weighted by molar-refractivity contribution is -0.137. The summed E-state index contributed by atoms with van der Waals surface area (Å²) in [5.74, 6) is 0.147. The van der Waals surface area contributed by atoms with Crippen LogP contribution >= 0.6 is 0 Å². The summed E-state index contributed by atoms with van der Waals surface area (Å²) >= 11 is 0. The van der Waals surface area contributed by atoms with Crippen LogP contribution < -0.4 is 27.0 Å². The van der Waals surface area contributed by atoms with Gasteiger partial charge < -0.3 is 42.0 Å². The predicted molar refractivity (Wildman–Crippen MR) is 166 cm³/mol. The predicted octanol–water partition coefficient (Wildman–Crippen LogP) is 1.11. The molecule has 9 N–H and O–H groups in total. The number of nitrogens with two attached hydrogens (primary N) is 1. The van der Waals surface area contributed by atoms with Gasteiger partial charge in [0.1, 0.15) is 12.2 Å². The van der Waals surface area contributed by atoms with E-state index in [1.165, 1.54) is 10.9 Å². The molecule has 0 spiro atoms. The van der Waals surface area contributed by atoms with Crippen LogP contribution in [0, 0.1) is 5.41 Å². The van der Waals surface area contributed by atoms with Crippen molar-refractivity contribution in [3.8, 4) is 0 Å². The highest BCUT2D eigenvalue weighted by atomic mass is 16.6. The average molecular weight is 603 g/mol. The number of carbonyl (C=O) groups is 1. The molecule has 1 aliphatic heterocycles. The first kappa shape index (κ1) is 30.7. The van der Waals surface area contributed by atoms with E-state index < -0.39 is 30.4 Å². The van der Waals surface area contributed by atoms with Gasteiger partial charge in [-0.1, -0.05) is 60.7 Å². The molecule has 1 saturated heterocycles. The molecule has 4 atom stereocenters. The molecule has 2 aromatic carbocycles. The Labute approximate surface area is 254 Å². The number of aliphatic hydroxyl groups is 2. The van der Waals surface area contributed by atoms with Gasteiger partial charge in [-0.3, -0.25) is 14.8 Å². The zero-order valence-electron chi connectivity index (χ0n) is 24.4. The summed E-state index contributed by atoms with van der Waals surface area (Å²) in [4.78, 5) is 26.4. The minimum Gasteiger partial charge on any atom is -0.387 e. The van der Waals surface area contributed by atoms with E-state index in [2.05, 4.69) is 55.5 Å². The van der Waals surface area contributed by atoms with E-state index in [-0.39, 0.29) is 11.9 Å². The van der Waals surface area contributed by atoms with E-state index in [4.69, 9.17) is 20.9 Å². The number of hydrogen-bond acceptors (Lipinski definition) is 10. The number of anilines is 2. The Bertz CT molecular complexity index is 1510. The number of nitrogens with zero attached hydrogens (tertiary/aromatic N) is 4. The third-order valence-electron chi connectivity index (χ3n) is 7.37. The molecule has 1 fully saturated rings. The SMILES string of the molecule is CCNC(=O)[C@H]1O[C@@H](n2cnc3c(NCC(c4ccccc4)c4ccccc4)nc(NCCCNC(=N)N)nc32)[C@H](O)[C@@H]1O. The maximum absolute atomic E-state index is 12.5. The van der Waals surface area contributed by atoms with Crippen LogP contribution in [0.2, 0.25) is 0 Å². The molecule has 1 amide bonds. The molecular weight excluding hydrogens is 564 g/mol. The van der Waals surface area contributed by atoms with Crippen LogP contribution in [0.1, 0.15) is 36.6 Å². The van der Waals surface area contributed by atoms with Crippen molar-refractivity contribution in [3.05, 3.63) is 78.1 Å². The van der Waals surface area contributed by atoms with Gasteiger partial charge in [0.25, 0.3) is 5.91 Å². The number of aromatic nitrogens is 4. The number of aliphatic hydroxyl groups excluding tert-OH is 2. The first-order valence-electron chi connectivity index (χ1n) is 14.6. The quantitative estimate of drug-likeness (QED) is 0.0617. The van der Waals surface area contributed by atoms with Crippen LogP contribution in [-0.2, 0) is 9.53 Å². The minimum atomic E-state index is -1.44. The van der Waals surface area contributed by atoms with Crippen molar-refractivity contribution in [1.82, 2.24) is 30.2 Å². The molecule has 1 aliphatic rings. The van der Waals surface area contributed by atoms with Gasteiger partial charge in [0, 0.05) is 32.1 Å². The second kappa shape index (κ2) is 14.1. The number of imidazole rings is 1. The van der Waals surface area contributed by atoms with Crippen molar-refractivity contribution in [1.29, 1.82) is 5.41 Å². The zero-order chi connectivity index (χ0) is 31.1. The number of carbonyl (C=O) groups excluding carboxylic acids is 1. The number of benzene rings is 2. The third kappa shape index (κ3) is 6.88. The van der Waals surface area contributed by atoms with E-state index in [0.29, 0.717) is 55.5 Å². The minimum absolute atomic E-state index is 0.00605. The van der Waals surface area contributed by atoms with E-state index in [0.717, 1.165) is 11.1 Å². The van der Waals surface area contributed by atoms with Crippen molar-refractivity contribution in [3.63, 3.8) is 0 Å². The highest BCUT2D eigenvalue weighted by Crippen LogP contribution is 2.33. The molecule has 14 nitrogen and oxygen atoms in total. The van der Waals surface area contributed by atoms with E-state index in [1.807, 2.05) is 36.4 Å². The van der Waals surface area contributed by atoms with Crippen molar-refractivity contribution < 1.29 is 19.7 Å². The smallest absolute Gasteiger partial charge is 0.252 e. The van der Waals surface area contributed by atoms with Gasteiger partial charge >= 0.3 is 0 Å². The Morgan fingerprint density at radius 2 is 1.68 bits per heavy atom. The number of ether oxygens (including phenoxy) is 1. The summed E-state index contributed by atoms with van der Waals surface area (Å²) in [6, 6.07) is 20.3. The molecular formula is C30H38N10O4. The normalized spacial score (nSPS) is 19.6. The van der Waals surface area contributed by atoms with Crippen LogP contribution in [0.25, 0.3) is 11.2 Å². The monoisotopic (exact) mass is 602 g/mol. The summed E-state index contributed by atoms with van der Waals surface area (Å²) in [6.45, 7) is 3.58. The Kier molecular flexibility index (Phi) is 9.84. The zero-order valence-corrected chi connectivity index (χ0v) is 24.4. The molecule has 44 heavy (non-hydrogen) atoms. The van der Waals surface area contributed by atoms with E-state index in [9.17, 15) is 15.0 Å². The number of nitrogens with one attached hydrogen (secondary N) is 5. The van der Waals surface area contributed by atoms with Crippen LogP contribution in [0.5, 0.6) is 0 Å². The molecule has 2 aromatic heterocycles. The number of guanidine groups is 1. The topological polar surface area (TPSA) is 208 Å². The van der Waals surface area contributed by atoms with Gasteiger partial charge in [0.15, 0.2) is 35.3 Å². The van der Waals surface area contributed by atoms with E-state index >= 15 is 0 Å². The number of rotatable bonds is 13. The Morgan fingerprint density at radius 1 is 1.00 bits per heavy atom. The molecule has 0 aliphatic carbocycles. The first-order valence-corrected chi connectivity index (χ1v) is 14.6. The summed E-state index contributed by atoms with van der Waals surface area (Å²) in [5, 5.41) is 40.9. The molecule has 0 radical (unpaired) electrons. The van der Waals surface area contributed by atoms with Crippen molar-refractivity contribution in [2.75, 3.05) is 36.8 Å². The fourth-order valence-corrected chi connectivity index (χ4v) is 5.20. The summed E-state index contributed by atoms with van der Waals surface area (Å²) in [6.07, 6.45) is -3.11. The van der Waals surface area contributed by atoms with Gasteiger partial charge in [-0.15, -0.1) is 0 Å². The van der Waals surface area contributed by atoms with Gasteiger partial charge in [0.2, 0.25) is 5.95 Å². The number of amides is 1. The summed E-state index contributed by atoms with van der Waals surface area (Å²) in [7, 11) is 0. The second-order valence-electron chi connectivity index (χ2n) is 10.4. The first-order chi connectivity index (χ1) is 21.4. The Hall–Kier alpha value is -4.79. The molecule has 232 valence electrons. The lowest BCUT2D eigenvalue weighted by Crippen LogP contribution is -2.42. The fourth-order valence-electron chi connectivity index (χ4n) is 5.20. The Balaban J connectivity index is 1.46. The van der Waals surface area contributed by atoms with Crippen molar-refractivity contribution in [2.24, 2.45) is 5.73 Å². The van der Waals surface area contributed by atoms with Crippen LogP contribution in [0.4, 0.5) is 11.8 Å². The van der Waals surface area contributed by atoms with Gasteiger partial charge in [-0.05, 0) is 24.5 Å². The Morgan fingerprint density at radius 3 is 2.32 bits per heavy atom. The highest BCUT2D eigenvalue weighted by Gasteiger charge is 2.47. The molecule has 0 bridgehead atoms. The average Bonchev–Trinajstić information content (AvgIpc) is 3.58. The van der Waals surface area contributed by atoms with E-state index in [1.54, 1.807) is 6.92 Å². The van der Waals surface area contributed by atoms with Crippen LogP contribution in [0.3, 0.4) is 0 Å². The van der Waals surface area contributed by atoms with Crippen LogP contribution in [0.15, 0.2) is 67.0 Å². The maximum Gasteiger partial charge on any atom is 0.252 e. The molecule has 4 aromatic rings. The lowest BCUT2D eigenvalue weighted by atomic mass is 9.91. The molecule has 14 heteroatoms. The number of likely N-dealkylation sites (N-methyl/N-ethyl adjacent to an activating group) is 1. The van der Waals surface area contributed by atoms with Crippen LogP contribution in [-0.4, -0.2) is 86.1 Å². The fraction of sp³-hybridized carbons (Fsp3) is 0.367. The maximum atomic E-state index is 12.5. The van der Waals surface area contributed by atoms with Gasteiger partial charge in [0.05, 0.1) is 6.33 Å². The molecule has 3 heterocycles.